The number of hydrogen-bond acceptors (Lipinski definition) is 4. The van der Waals surface area contributed by atoms with Gasteiger partial charge in [-0.05, 0) is 36.2 Å². The van der Waals surface area contributed by atoms with Crippen molar-refractivity contribution in [1.82, 2.24) is 20.1 Å². The van der Waals surface area contributed by atoms with Gasteiger partial charge in [-0.2, -0.15) is 5.10 Å². The van der Waals surface area contributed by atoms with E-state index in [0.29, 0.717) is 29.1 Å². The second kappa shape index (κ2) is 9.19. The lowest BCUT2D eigenvalue weighted by molar-refractivity contribution is 0.0950. The number of aromatic nitrogens is 3. The molecule has 2 aromatic carbocycles. The summed E-state index contributed by atoms with van der Waals surface area (Å²) in [6.45, 7) is 2.42. The Kier molecular flexibility index (Phi) is 6.00. The average Bonchev–Trinajstić information content (AvgIpc) is 3.24. The minimum absolute atomic E-state index is 0.173. The van der Waals surface area contributed by atoms with Crippen LogP contribution in [0.1, 0.15) is 32.6 Å². The third-order valence-corrected chi connectivity index (χ3v) is 5.00. The van der Waals surface area contributed by atoms with Crippen LogP contribution in [0.2, 0.25) is 0 Å². The minimum Gasteiger partial charge on any atom is -0.383 e. The molecule has 1 amide bonds. The summed E-state index contributed by atoms with van der Waals surface area (Å²) in [6.07, 6.45) is 5.37. The summed E-state index contributed by atoms with van der Waals surface area (Å²) in [5, 5.41) is 7.16. The molecular formula is C26H23N5O. The van der Waals surface area contributed by atoms with Crippen molar-refractivity contribution in [3.05, 3.63) is 101 Å². The summed E-state index contributed by atoms with van der Waals surface area (Å²) in [6, 6.07) is 17.3. The first-order valence-corrected chi connectivity index (χ1v) is 10.2. The largest absolute Gasteiger partial charge is 0.383 e. The van der Waals surface area contributed by atoms with Gasteiger partial charge in [0.25, 0.3) is 5.91 Å². The Hall–Kier alpha value is -4.37. The predicted octanol–water partition coefficient (Wildman–Crippen LogP) is 3.70. The molecule has 0 fully saturated rings. The molecule has 2 aromatic heterocycles. The summed E-state index contributed by atoms with van der Waals surface area (Å²) in [5.74, 6) is 6.39. The number of nitrogens with two attached hydrogens (primary N) is 1. The molecule has 6 heteroatoms. The van der Waals surface area contributed by atoms with Crippen molar-refractivity contribution < 1.29 is 4.79 Å². The zero-order chi connectivity index (χ0) is 22.5. The Bertz CT molecular complexity index is 1330. The van der Waals surface area contributed by atoms with E-state index in [1.54, 1.807) is 23.1 Å². The Morgan fingerprint density at radius 1 is 1.03 bits per heavy atom. The highest BCUT2D eigenvalue weighted by Crippen LogP contribution is 2.21. The van der Waals surface area contributed by atoms with Crippen LogP contribution in [0.15, 0.2) is 73.2 Å². The van der Waals surface area contributed by atoms with Crippen LogP contribution in [0.3, 0.4) is 0 Å². The van der Waals surface area contributed by atoms with Crippen molar-refractivity contribution in [3.8, 4) is 23.0 Å². The first kappa shape index (κ1) is 20.9. The van der Waals surface area contributed by atoms with Gasteiger partial charge in [0, 0.05) is 42.7 Å². The van der Waals surface area contributed by atoms with E-state index in [1.807, 2.05) is 68.7 Å². The van der Waals surface area contributed by atoms with Gasteiger partial charge >= 0.3 is 0 Å². The fourth-order valence-corrected chi connectivity index (χ4v) is 3.27. The average molecular weight is 422 g/mol. The monoisotopic (exact) mass is 421 g/mol. The summed E-state index contributed by atoms with van der Waals surface area (Å²) in [7, 11) is 1.86. The van der Waals surface area contributed by atoms with Crippen molar-refractivity contribution in [2.24, 2.45) is 7.05 Å². The molecule has 0 aliphatic heterocycles. The van der Waals surface area contributed by atoms with Gasteiger partial charge in [-0.1, -0.05) is 48.2 Å². The molecule has 6 nitrogen and oxygen atoms in total. The lowest BCUT2D eigenvalue weighted by Gasteiger charge is -2.08. The number of carbonyl (C=O) groups is 1. The molecule has 4 rings (SSSR count). The Balaban J connectivity index is 1.62. The lowest BCUT2D eigenvalue weighted by atomic mass is 10.0. The number of nitrogen functional groups attached to an aromatic ring is 1. The number of nitrogens with zero attached hydrogens (tertiary/aromatic N) is 3. The second-order valence-corrected chi connectivity index (χ2v) is 7.53. The number of anilines is 1. The van der Waals surface area contributed by atoms with Crippen molar-refractivity contribution >= 4 is 11.7 Å². The smallest absolute Gasteiger partial charge is 0.252 e. The molecule has 0 atom stereocenters. The molecule has 0 unspecified atom stereocenters. The van der Waals surface area contributed by atoms with Gasteiger partial charge in [0.2, 0.25) is 0 Å². The van der Waals surface area contributed by atoms with Crippen LogP contribution in [0.25, 0.3) is 11.1 Å². The maximum atomic E-state index is 12.8. The Morgan fingerprint density at radius 2 is 1.81 bits per heavy atom. The van der Waals surface area contributed by atoms with Crippen LogP contribution in [0.4, 0.5) is 5.82 Å². The molecule has 3 N–H and O–H groups in total. The van der Waals surface area contributed by atoms with Gasteiger partial charge < -0.3 is 11.1 Å². The van der Waals surface area contributed by atoms with Crippen molar-refractivity contribution in [1.29, 1.82) is 0 Å². The van der Waals surface area contributed by atoms with Gasteiger partial charge in [-0.3, -0.25) is 9.48 Å². The van der Waals surface area contributed by atoms with Crippen molar-refractivity contribution in [3.63, 3.8) is 0 Å². The van der Waals surface area contributed by atoms with Gasteiger partial charge in [-0.15, -0.1) is 0 Å². The molecule has 32 heavy (non-hydrogen) atoms. The SMILES string of the molecule is Cc1ccc(C(=O)NCc2ccccc2)c(C#Cc2cc(-c3cnn(C)c3)cnc2N)c1. The molecule has 4 aromatic rings. The van der Waals surface area contributed by atoms with E-state index in [9.17, 15) is 4.79 Å². The molecule has 0 bridgehead atoms. The first-order valence-electron chi connectivity index (χ1n) is 10.2. The fraction of sp³-hybridized carbons (Fsp3) is 0.115. The summed E-state index contributed by atoms with van der Waals surface area (Å²) < 4.78 is 1.73. The topological polar surface area (TPSA) is 85.8 Å². The predicted molar refractivity (Wildman–Crippen MR) is 126 cm³/mol. The second-order valence-electron chi connectivity index (χ2n) is 7.53. The highest BCUT2D eigenvalue weighted by Gasteiger charge is 2.11. The minimum atomic E-state index is -0.173. The highest BCUT2D eigenvalue weighted by atomic mass is 16.1. The molecule has 0 aliphatic carbocycles. The van der Waals surface area contributed by atoms with Crippen LogP contribution < -0.4 is 11.1 Å². The van der Waals surface area contributed by atoms with Crippen molar-refractivity contribution in [2.75, 3.05) is 5.73 Å². The number of hydrogen-bond donors (Lipinski definition) is 2. The van der Waals surface area contributed by atoms with Crippen LogP contribution in [0, 0.1) is 18.8 Å². The van der Waals surface area contributed by atoms with Crippen LogP contribution >= 0.6 is 0 Å². The van der Waals surface area contributed by atoms with E-state index in [4.69, 9.17) is 5.73 Å². The first-order chi connectivity index (χ1) is 15.5. The number of aryl methyl sites for hydroxylation is 2. The molecular weight excluding hydrogens is 398 g/mol. The number of amides is 1. The molecule has 0 saturated heterocycles. The normalized spacial score (nSPS) is 10.3. The molecule has 0 aliphatic rings. The van der Waals surface area contributed by atoms with Gasteiger partial charge in [0.05, 0.1) is 17.3 Å². The van der Waals surface area contributed by atoms with E-state index in [0.717, 1.165) is 22.3 Å². The standard InChI is InChI=1S/C26H23N5O/c1-18-8-11-24(26(32)29-14-19-6-4-3-5-7-19)20(12-18)9-10-21-13-22(15-28-25(21)27)23-16-30-31(2)17-23/h3-8,11-13,15-17H,14H2,1-2H3,(H2,27,28)(H,29,32). The highest BCUT2D eigenvalue weighted by molar-refractivity contribution is 5.96. The van der Waals surface area contributed by atoms with Gasteiger partial charge in [0.15, 0.2) is 0 Å². The van der Waals surface area contributed by atoms with E-state index in [-0.39, 0.29) is 5.91 Å². The zero-order valence-corrected chi connectivity index (χ0v) is 18.0. The lowest BCUT2D eigenvalue weighted by Crippen LogP contribution is -2.23. The third kappa shape index (κ3) is 4.85. The molecule has 2 heterocycles. The van der Waals surface area contributed by atoms with Crippen molar-refractivity contribution in [2.45, 2.75) is 13.5 Å². The number of pyridine rings is 1. The van der Waals surface area contributed by atoms with E-state index in [1.165, 1.54) is 0 Å². The van der Waals surface area contributed by atoms with Gasteiger partial charge in [0.1, 0.15) is 5.82 Å². The van der Waals surface area contributed by atoms with E-state index < -0.39 is 0 Å². The van der Waals surface area contributed by atoms with Crippen LogP contribution in [-0.2, 0) is 13.6 Å². The maximum Gasteiger partial charge on any atom is 0.252 e. The number of nitrogens with one attached hydrogen (secondary N) is 1. The summed E-state index contributed by atoms with van der Waals surface area (Å²) >= 11 is 0. The number of carbonyl (C=O) groups excluding carboxylic acids is 1. The van der Waals surface area contributed by atoms with Gasteiger partial charge in [-0.25, -0.2) is 4.98 Å². The molecule has 0 saturated carbocycles. The van der Waals surface area contributed by atoms with E-state index in [2.05, 4.69) is 27.2 Å². The Labute approximate surface area is 187 Å². The van der Waals surface area contributed by atoms with Crippen LogP contribution in [-0.4, -0.2) is 20.7 Å². The number of benzene rings is 2. The Morgan fingerprint density at radius 3 is 2.56 bits per heavy atom. The zero-order valence-electron chi connectivity index (χ0n) is 18.0. The molecule has 158 valence electrons. The van der Waals surface area contributed by atoms with Crippen LogP contribution in [0.5, 0.6) is 0 Å². The number of rotatable bonds is 4. The fourth-order valence-electron chi connectivity index (χ4n) is 3.27. The third-order valence-electron chi connectivity index (χ3n) is 5.00. The molecule has 0 radical (unpaired) electrons. The quantitative estimate of drug-likeness (QED) is 0.492. The maximum absolute atomic E-state index is 12.8. The molecule has 0 spiro atoms. The summed E-state index contributed by atoms with van der Waals surface area (Å²) in [4.78, 5) is 17.1. The van der Waals surface area contributed by atoms with E-state index >= 15 is 0 Å². The summed E-state index contributed by atoms with van der Waals surface area (Å²) in [5.41, 5.74) is 11.7.